The van der Waals surface area contributed by atoms with Gasteiger partial charge in [0.2, 0.25) is 0 Å². The zero-order valence-corrected chi connectivity index (χ0v) is 13.9. The first-order valence-electron chi connectivity index (χ1n) is 6.78. The Kier molecular flexibility index (Phi) is 4.37. The number of aromatic nitrogens is 3. The molecule has 22 heavy (non-hydrogen) atoms. The van der Waals surface area contributed by atoms with E-state index in [9.17, 15) is 8.42 Å². The number of ether oxygens (including phenoxy) is 1. The van der Waals surface area contributed by atoms with Gasteiger partial charge in [0.25, 0.3) is 0 Å². The van der Waals surface area contributed by atoms with Gasteiger partial charge in [-0.15, -0.1) is 5.10 Å². The fraction of sp³-hybridized carbons (Fsp3) is 0.333. The molecule has 7 heteroatoms. The van der Waals surface area contributed by atoms with Crippen LogP contribution in [0.2, 0.25) is 0 Å². The Morgan fingerprint density at radius 3 is 2.32 bits per heavy atom. The number of sulfone groups is 1. The third kappa shape index (κ3) is 3.54. The Hall–Kier alpha value is -2.15. The fourth-order valence-electron chi connectivity index (χ4n) is 1.84. The first-order valence-corrected chi connectivity index (χ1v) is 8.67. The van der Waals surface area contributed by atoms with E-state index in [-0.39, 0.29) is 17.0 Å². The molecular formula is C15H19N3O3S. The average Bonchev–Trinajstić information content (AvgIpc) is 2.81. The lowest BCUT2D eigenvalue weighted by Crippen LogP contribution is -2.07. The standard InChI is InChI=1S/C15H19N3O3S/c1-10(2)14-16-15(21-11(3)4)17-18(14)12-6-8-13(9-7-12)22(5,19)20/h6-9,11H,1H2,2-5H3. The predicted molar refractivity (Wildman–Crippen MR) is 84.9 cm³/mol. The molecule has 0 N–H and O–H groups in total. The van der Waals surface area contributed by atoms with Gasteiger partial charge < -0.3 is 4.74 Å². The molecule has 0 fully saturated rings. The smallest absolute Gasteiger partial charge is 0.336 e. The number of hydrogen-bond donors (Lipinski definition) is 0. The monoisotopic (exact) mass is 321 g/mol. The van der Waals surface area contributed by atoms with Crippen molar-refractivity contribution in [2.24, 2.45) is 0 Å². The molecule has 0 aliphatic rings. The SMILES string of the molecule is C=C(C)c1nc(OC(C)C)nn1-c1ccc(S(C)(=O)=O)cc1. The third-order valence-corrected chi connectivity index (χ3v) is 3.95. The molecular weight excluding hydrogens is 302 g/mol. The maximum Gasteiger partial charge on any atom is 0.336 e. The maximum absolute atomic E-state index is 11.5. The highest BCUT2D eigenvalue weighted by molar-refractivity contribution is 7.90. The number of allylic oxidation sites excluding steroid dienone is 1. The minimum Gasteiger partial charge on any atom is -0.460 e. The van der Waals surface area contributed by atoms with Crippen LogP contribution in [0, 0.1) is 0 Å². The molecule has 118 valence electrons. The van der Waals surface area contributed by atoms with Gasteiger partial charge in [0.1, 0.15) is 0 Å². The van der Waals surface area contributed by atoms with E-state index < -0.39 is 9.84 Å². The summed E-state index contributed by atoms with van der Waals surface area (Å²) < 4.78 is 30.1. The second kappa shape index (κ2) is 5.92. The molecule has 0 saturated heterocycles. The first kappa shape index (κ1) is 16.2. The summed E-state index contributed by atoms with van der Waals surface area (Å²) in [5.41, 5.74) is 1.43. The minimum atomic E-state index is -3.23. The largest absolute Gasteiger partial charge is 0.460 e. The Balaban J connectivity index is 2.47. The van der Waals surface area contributed by atoms with Crippen LogP contribution < -0.4 is 4.74 Å². The van der Waals surface area contributed by atoms with Crippen molar-refractivity contribution in [2.75, 3.05) is 6.26 Å². The summed E-state index contributed by atoms with van der Waals surface area (Å²) in [4.78, 5) is 4.57. The predicted octanol–water partition coefficient (Wildman–Crippen LogP) is 2.49. The van der Waals surface area contributed by atoms with E-state index in [1.165, 1.54) is 18.4 Å². The highest BCUT2D eigenvalue weighted by Gasteiger charge is 2.15. The zero-order chi connectivity index (χ0) is 16.5. The van der Waals surface area contributed by atoms with Crippen LogP contribution in [0.1, 0.15) is 26.6 Å². The van der Waals surface area contributed by atoms with Gasteiger partial charge in [0.15, 0.2) is 15.7 Å². The molecule has 0 radical (unpaired) electrons. The number of nitrogens with zero attached hydrogens (tertiary/aromatic N) is 3. The number of benzene rings is 1. The Morgan fingerprint density at radius 1 is 1.27 bits per heavy atom. The normalized spacial score (nSPS) is 11.7. The lowest BCUT2D eigenvalue weighted by atomic mass is 10.3. The Bertz CT molecular complexity index is 790. The van der Waals surface area contributed by atoms with Crippen LogP contribution in [0.5, 0.6) is 6.01 Å². The lowest BCUT2D eigenvalue weighted by molar-refractivity contribution is 0.222. The summed E-state index contributed by atoms with van der Waals surface area (Å²) in [6.45, 7) is 9.49. The summed E-state index contributed by atoms with van der Waals surface area (Å²) in [6, 6.07) is 6.70. The van der Waals surface area contributed by atoms with E-state index in [2.05, 4.69) is 16.7 Å². The number of rotatable bonds is 5. The van der Waals surface area contributed by atoms with Crippen LogP contribution in [-0.4, -0.2) is 35.5 Å². The van der Waals surface area contributed by atoms with Crippen LogP contribution in [-0.2, 0) is 9.84 Å². The van der Waals surface area contributed by atoms with Gasteiger partial charge in [-0.2, -0.15) is 4.98 Å². The Morgan fingerprint density at radius 2 is 1.86 bits per heavy atom. The molecule has 6 nitrogen and oxygen atoms in total. The van der Waals surface area contributed by atoms with E-state index in [4.69, 9.17) is 4.74 Å². The molecule has 1 aromatic heterocycles. The second-order valence-corrected chi connectivity index (χ2v) is 7.36. The molecule has 2 aromatic rings. The van der Waals surface area contributed by atoms with Gasteiger partial charge in [-0.25, -0.2) is 13.1 Å². The molecule has 1 heterocycles. The average molecular weight is 321 g/mol. The topological polar surface area (TPSA) is 74.1 Å². The van der Waals surface area contributed by atoms with E-state index in [1.54, 1.807) is 16.8 Å². The van der Waals surface area contributed by atoms with Crippen LogP contribution in [0.4, 0.5) is 0 Å². The molecule has 0 amide bonds. The quantitative estimate of drug-likeness (QED) is 0.846. The molecule has 0 bridgehead atoms. The van der Waals surface area contributed by atoms with Crippen molar-refractivity contribution in [3.63, 3.8) is 0 Å². The van der Waals surface area contributed by atoms with Gasteiger partial charge in [-0.1, -0.05) is 6.58 Å². The van der Waals surface area contributed by atoms with Crippen molar-refractivity contribution >= 4 is 15.4 Å². The first-order chi connectivity index (χ1) is 10.2. The highest BCUT2D eigenvalue weighted by atomic mass is 32.2. The molecule has 0 aliphatic heterocycles. The second-order valence-electron chi connectivity index (χ2n) is 5.34. The van der Waals surface area contributed by atoms with Crippen LogP contribution >= 0.6 is 0 Å². The lowest BCUT2D eigenvalue weighted by Gasteiger charge is -2.06. The maximum atomic E-state index is 11.5. The fourth-order valence-corrected chi connectivity index (χ4v) is 2.48. The van der Waals surface area contributed by atoms with Gasteiger partial charge in [-0.05, 0) is 50.6 Å². The minimum absolute atomic E-state index is 0.0403. The molecule has 2 rings (SSSR count). The van der Waals surface area contributed by atoms with Crippen molar-refractivity contribution in [1.29, 1.82) is 0 Å². The molecule has 0 atom stereocenters. The van der Waals surface area contributed by atoms with Crippen LogP contribution in [0.25, 0.3) is 11.3 Å². The highest BCUT2D eigenvalue weighted by Crippen LogP contribution is 2.20. The molecule has 0 spiro atoms. The Labute approximate surface area is 130 Å². The van der Waals surface area contributed by atoms with Crippen molar-refractivity contribution in [2.45, 2.75) is 31.8 Å². The molecule has 0 aliphatic carbocycles. The zero-order valence-electron chi connectivity index (χ0n) is 13.1. The summed E-state index contributed by atoms with van der Waals surface area (Å²) in [7, 11) is -3.23. The van der Waals surface area contributed by atoms with Crippen molar-refractivity contribution in [1.82, 2.24) is 14.8 Å². The van der Waals surface area contributed by atoms with Crippen LogP contribution in [0.15, 0.2) is 35.7 Å². The summed E-state index contributed by atoms with van der Waals surface area (Å²) in [6.07, 6.45) is 1.13. The van der Waals surface area contributed by atoms with Gasteiger partial charge in [0, 0.05) is 6.26 Å². The van der Waals surface area contributed by atoms with Crippen molar-refractivity contribution < 1.29 is 13.2 Å². The third-order valence-electron chi connectivity index (χ3n) is 2.82. The van der Waals surface area contributed by atoms with E-state index in [0.717, 1.165) is 5.57 Å². The van der Waals surface area contributed by atoms with Crippen molar-refractivity contribution in [3.8, 4) is 11.7 Å². The van der Waals surface area contributed by atoms with Crippen LogP contribution in [0.3, 0.4) is 0 Å². The van der Waals surface area contributed by atoms with Gasteiger partial charge in [-0.3, -0.25) is 0 Å². The van der Waals surface area contributed by atoms with E-state index in [0.29, 0.717) is 11.5 Å². The van der Waals surface area contributed by atoms with E-state index >= 15 is 0 Å². The van der Waals surface area contributed by atoms with E-state index in [1.807, 2.05) is 20.8 Å². The summed E-state index contributed by atoms with van der Waals surface area (Å²) in [5.74, 6) is 0.572. The van der Waals surface area contributed by atoms with Gasteiger partial charge in [0.05, 0.1) is 16.7 Å². The molecule has 0 saturated carbocycles. The van der Waals surface area contributed by atoms with Crippen molar-refractivity contribution in [3.05, 3.63) is 36.7 Å². The molecule has 1 aromatic carbocycles. The number of hydrogen-bond acceptors (Lipinski definition) is 5. The summed E-state index contributed by atoms with van der Waals surface area (Å²) in [5, 5.41) is 4.31. The summed E-state index contributed by atoms with van der Waals surface area (Å²) >= 11 is 0. The molecule has 0 unspecified atom stereocenters. The van der Waals surface area contributed by atoms with Gasteiger partial charge >= 0.3 is 6.01 Å².